The molecule has 0 radical (unpaired) electrons. The topological polar surface area (TPSA) is 182 Å². The van der Waals surface area contributed by atoms with Crippen molar-refractivity contribution in [3.63, 3.8) is 0 Å². The lowest BCUT2D eigenvalue weighted by Gasteiger charge is -2.53. The molecule has 1 fully saturated rings. The number of nitrogens with zero attached hydrogens (tertiary/aromatic N) is 1. The Bertz CT molecular complexity index is 1210. The summed E-state index contributed by atoms with van der Waals surface area (Å²) in [5.41, 5.74) is -1.10. The fourth-order valence-corrected chi connectivity index (χ4v) is 5.93. The molecule has 1 amide bonds. The molecule has 3 aliphatic rings. The number of phenols is 1. The fourth-order valence-electron chi connectivity index (χ4n) is 5.58. The summed E-state index contributed by atoms with van der Waals surface area (Å²) in [7, 11) is 2.97. The number of fused-ring (bicyclic) bond motifs is 3. The molecular weight excluding hydrogens is 491 g/mol. The van der Waals surface area contributed by atoms with Crippen LogP contribution in [0.5, 0.6) is 5.75 Å². The maximum atomic E-state index is 13.7. The molecule has 12 heteroatoms. The molecule has 0 spiro atoms. The van der Waals surface area contributed by atoms with Crippen molar-refractivity contribution in [2.75, 3.05) is 14.1 Å². The third-order valence-corrected chi connectivity index (χ3v) is 7.39. The second-order valence-corrected chi connectivity index (χ2v) is 9.48. The number of ketones is 2. The molecule has 3 aliphatic carbocycles. The molecule has 7 N–H and O–H groups in total. The summed E-state index contributed by atoms with van der Waals surface area (Å²) in [4.78, 5) is 40.1. The van der Waals surface area contributed by atoms with Crippen molar-refractivity contribution in [1.29, 1.82) is 0 Å². The molecule has 4 rings (SSSR count). The van der Waals surface area contributed by atoms with Gasteiger partial charge in [-0.1, -0.05) is 11.6 Å². The summed E-state index contributed by atoms with van der Waals surface area (Å²) < 4.78 is 0. The van der Waals surface area contributed by atoms with Gasteiger partial charge in [-0.05, 0) is 39.6 Å². The Morgan fingerprint density at radius 1 is 1.18 bits per heavy atom. The smallest absolute Gasteiger partial charge is 0.255 e. The number of hydrogen-bond donors (Lipinski definition) is 6. The number of amides is 1. The molecule has 1 saturated carbocycles. The van der Waals surface area contributed by atoms with Crippen molar-refractivity contribution >= 4 is 47.2 Å². The van der Waals surface area contributed by atoms with Crippen molar-refractivity contribution in [3.8, 4) is 5.75 Å². The van der Waals surface area contributed by atoms with Crippen molar-refractivity contribution in [3.05, 3.63) is 45.2 Å². The van der Waals surface area contributed by atoms with Gasteiger partial charge < -0.3 is 31.3 Å². The van der Waals surface area contributed by atoms with E-state index in [9.17, 15) is 39.9 Å². The number of hydrogen-bond acceptors (Lipinski definition) is 9. The molecule has 1 aromatic rings. The highest BCUT2D eigenvalue weighted by Gasteiger charge is 2.66. The zero-order chi connectivity index (χ0) is 24.8. The van der Waals surface area contributed by atoms with Crippen LogP contribution in [0, 0.1) is 11.8 Å². The van der Waals surface area contributed by atoms with Crippen LogP contribution in [0.3, 0.4) is 0 Å². The number of nitrogens with two attached hydrogens (primary N) is 1. The first-order valence-corrected chi connectivity index (χ1v) is 10.5. The first-order valence-electron chi connectivity index (χ1n) is 10.1. The van der Waals surface area contributed by atoms with Gasteiger partial charge in [0.2, 0.25) is 5.78 Å². The number of carbonyl (C=O) groups excluding carboxylic acids is 3. The molecular formula is C22H24Cl2N2O8. The summed E-state index contributed by atoms with van der Waals surface area (Å²) in [6.07, 6.45) is -0.259. The van der Waals surface area contributed by atoms with Gasteiger partial charge in [0.25, 0.3) is 5.91 Å². The minimum atomic E-state index is -2.78. The molecule has 0 saturated heterocycles. The Morgan fingerprint density at radius 3 is 2.29 bits per heavy atom. The number of aliphatic hydroxyl groups excluding tert-OH is 2. The third kappa shape index (κ3) is 3.03. The van der Waals surface area contributed by atoms with Crippen LogP contribution in [0.4, 0.5) is 0 Å². The molecule has 5 atom stereocenters. The van der Waals surface area contributed by atoms with Gasteiger partial charge in [-0.3, -0.25) is 19.3 Å². The standard InChI is InChI=1S/C22H23ClN2O8.ClH/c1-21(32)7-6-8-15(25(2)3)17(28)13(20(24)31)19(30)22(8,33)18(29)11(7)16(27)12-10(26)5-4-9(23)14(12)21;/h4-5,7-8,15,26-27,30,32-33H,6H2,1-3H3,(H2,24,31);1H/t7?,8?,15-,21-,22-;/m1./s1. The number of aliphatic hydroxyl groups is 4. The Kier molecular flexibility index (Phi) is 6.08. The number of aromatic hydroxyl groups is 1. The normalized spacial score (nSPS) is 32.7. The fraction of sp³-hybridized carbons (Fsp3) is 0.409. The van der Waals surface area contributed by atoms with E-state index in [4.69, 9.17) is 17.3 Å². The van der Waals surface area contributed by atoms with E-state index in [-0.39, 0.29) is 35.0 Å². The Labute approximate surface area is 205 Å². The van der Waals surface area contributed by atoms with Gasteiger partial charge in [0.1, 0.15) is 22.8 Å². The van der Waals surface area contributed by atoms with Crippen molar-refractivity contribution < 1.29 is 39.9 Å². The van der Waals surface area contributed by atoms with Crippen molar-refractivity contribution in [2.24, 2.45) is 17.6 Å². The molecule has 1 aromatic carbocycles. The van der Waals surface area contributed by atoms with Gasteiger partial charge in [-0.2, -0.15) is 0 Å². The minimum Gasteiger partial charge on any atom is -0.508 e. The summed E-state index contributed by atoms with van der Waals surface area (Å²) in [5.74, 6) is -8.30. The maximum absolute atomic E-state index is 13.7. The SMILES string of the molecule is CN(C)[C@H]1C(=O)C(C(N)=O)=C(O)[C@]2(O)C(=O)C3=C(O)c4c(O)ccc(Cl)c4[C@](C)(O)C3CC12.Cl. The molecule has 0 aromatic heterocycles. The summed E-state index contributed by atoms with van der Waals surface area (Å²) >= 11 is 6.28. The monoisotopic (exact) mass is 514 g/mol. The van der Waals surface area contributed by atoms with Crippen LogP contribution in [0.25, 0.3) is 5.76 Å². The Morgan fingerprint density at radius 2 is 1.76 bits per heavy atom. The quantitative estimate of drug-likeness (QED) is 0.309. The molecule has 2 unspecified atom stereocenters. The van der Waals surface area contributed by atoms with Crippen molar-refractivity contribution in [2.45, 2.75) is 30.6 Å². The van der Waals surface area contributed by atoms with E-state index in [0.29, 0.717) is 0 Å². The van der Waals surface area contributed by atoms with Gasteiger partial charge in [-0.25, -0.2) is 0 Å². The summed E-state index contributed by atoms with van der Waals surface area (Å²) in [5, 5.41) is 55.2. The largest absolute Gasteiger partial charge is 0.508 e. The van der Waals surface area contributed by atoms with E-state index < -0.39 is 75.0 Å². The minimum absolute atomic E-state index is 0. The van der Waals surface area contributed by atoms with Crippen LogP contribution < -0.4 is 5.73 Å². The lowest BCUT2D eigenvalue weighted by molar-refractivity contribution is -0.159. The molecule has 34 heavy (non-hydrogen) atoms. The van der Waals surface area contributed by atoms with Gasteiger partial charge in [0.15, 0.2) is 11.4 Å². The predicted molar refractivity (Wildman–Crippen MR) is 122 cm³/mol. The van der Waals surface area contributed by atoms with Crippen LogP contribution in [0.1, 0.15) is 24.5 Å². The average Bonchev–Trinajstić information content (AvgIpc) is 2.69. The van der Waals surface area contributed by atoms with Crippen LogP contribution in [-0.4, -0.2) is 73.6 Å². The van der Waals surface area contributed by atoms with Gasteiger partial charge in [-0.15, -0.1) is 12.4 Å². The van der Waals surface area contributed by atoms with Gasteiger partial charge in [0, 0.05) is 28.0 Å². The zero-order valence-electron chi connectivity index (χ0n) is 18.4. The highest BCUT2D eigenvalue weighted by molar-refractivity contribution is 6.32. The summed E-state index contributed by atoms with van der Waals surface area (Å²) in [6.45, 7) is 1.34. The average molecular weight is 515 g/mol. The predicted octanol–water partition coefficient (Wildman–Crippen LogP) is 0.704. The highest BCUT2D eigenvalue weighted by Crippen LogP contribution is 2.58. The second-order valence-electron chi connectivity index (χ2n) is 9.08. The van der Waals surface area contributed by atoms with E-state index in [2.05, 4.69) is 0 Å². The number of Topliss-reactive ketones (excluding diaryl/α,β-unsaturated/α-hetero) is 2. The Balaban J connectivity index is 0.00000324. The highest BCUT2D eigenvalue weighted by atomic mass is 35.5. The van der Waals surface area contributed by atoms with E-state index in [1.807, 2.05) is 0 Å². The van der Waals surface area contributed by atoms with Crippen LogP contribution in [-0.2, 0) is 20.0 Å². The van der Waals surface area contributed by atoms with E-state index in [1.165, 1.54) is 38.1 Å². The first-order chi connectivity index (χ1) is 15.2. The zero-order valence-corrected chi connectivity index (χ0v) is 19.9. The lowest BCUT2D eigenvalue weighted by Crippen LogP contribution is -2.67. The van der Waals surface area contributed by atoms with Crippen LogP contribution in [0.2, 0.25) is 5.02 Å². The number of halogens is 2. The molecule has 0 heterocycles. The van der Waals surface area contributed by atoms with E-state index >= 15 is 0 Å². The number of rotatable bonds is 2. The van der Waals surface area contributed by atoms with Gasteiger partial charge >= 0.3 is 0 Å². The molecule has 184 valence electrons. The van der Waals surface area contributed by atoms with E-state index in [0.717, 1.165) is 0 Å². The first kappa shape index (κ1) is 26.0. The maximum Gasteiger partial charge on any atom is 0.255 e. The van der Waals surface area contributed by atoms with Crippen molar-refractivity contribution in [1.82, 2.24) is 4.90 Å². The number of phenolic OH excluding ortho intramolecular Hbond substituents is 1. The Hall–Kier alpha value is -2.63. The third-order valence-electron chi connectivity index (χ3n) is 7.07. The lowest BCUT2D eigenvalue weighted by atomic mass is 9.54. The van der Waals surface area contributed by atoms with Gasteiger partial charge in [0.05, 0.1) is 17.2 Å². The molecule has 0 aliphatic heterocycles. The van der Waals surface area contributed by atoms with Crippen LogP contribution >= 0.6 is 24.0 Å². The molecule has 10 nitrogen and oxygen atoms in total. The number of carbonyl (C=O) groups is 3. The molecule has 0 bridgehead atoms. The van der Waals surface area contributed by atoms with Crippen LogP contribution in [0.15, 0.2) is 29.0 Å². The van der Waals surface area contributed by atoms with E-state index in [1.54, 1.807) is 0 Å². The number of likely N-dealkylation sites (N-methyl/N-ethyl adjacent to an activating group) is 1. The number of benzene rings is 1. The second kappa shape index (κ2) is 7.96. The summed E-state index contributed by atoms with van der Waals surface area (Å²) in [6, 6.07) is 1.24. The number of primary amides is 1.